The Morgan fingerprint density at radius 1 is 1.20 bits per heavy atom. The van der Waals surface area contributed by atoms with E-state index in [0.717, 1.165) is 12.8 Å². The van der Waals surface area contributed by atoms with Crippen molar-refractivity contribution in [2.24, 2.45) is 5.92 Å². The number of nitrogens with one attached hydrogen (secondary N) is 1. The molecule has 1 aromatic carbocycles. The van der Waals surface area contributed by atoms with E-state index in [2.05, 4.69) is 10.3 Å². The van der Waals surface area contributed by atoms with E-state index in [1.165, 1.54) is 6.92 Å². The number of nitrogens with zero attached hydrogens (tertiary/aromatic N) is 2. The summed E-state index contributed by atoms with van der Waals surface area (Å²) in [6, 6.07) is 8.46. The summed E-state index contributed by atoms with van der Waals surface area (Å²) < 4.78 is 10.7. The van der Waals surface area contributed by atoms with Gasteiger partial charge in [0.2, 0.25) is 12.7 Å². The summed E-state index contributed by atoms with van der Waals surface area (Å²) >= 11 is 0. The fourth-order valence-electron chi connectivity index (χ4n) is 3.87. The predicted octanol–water partition coefficient (Wildman–Crippen LogP) is 2.89. The number of likely N-dealkylation sites (tertiary alicyclic amines) is 1. The molecule has 2 amide bonds. The van der Waals surface area contributed by atoms with Gasteiger partial charge >= 0.3 is 0 Å². The third-order valence-electron chi connectivity index (χ3n) is 5.33. The molecule has 2 aromatic rings. The third kappa shape index (κ3) is 4.27. The number of carbonyl (C=O) groups excluding carboxylic acids is 3. The average Bonchev–Trinajstić information content (AvgIpc) is 3.20. The number of piperidine rings is 1. The Morgan fingerprint density at radius 2 is 2.00 bits per heavy atom. The quantitative estimate of drug-likeness (QED) is 0.763. The van der Waals surface area contributed by atoms with Crippen molar-refractivity contribution >= 4 is 23.3 Å². The van der Waals surface area contributed by atoms with Crippen LogP contribution in [0.1, 0.15) is 47.0 Å². The number of anilines is 1. The van der Waals surface area contributed by atoms with E-state index < -0.39 is 0 Å². The molecule has 1 fully saturated rings. The van der Waals surface area contributed by atoms with E-state index in [1.807, 2.05) is 0 Å². The van der Waals surface area contributed by atoms with Gasteiger partial charge in [-0.1, -0.05) is 6.07 Å². The number of ether oxygens (including phenoxy) is 2. The van der Waals surface area contributed by atoms with Crippen LogP contribution in [0, 0.1) is 5.92 Å². The van der Waals surface area contributed by atoms with Crippen molar-refractivity contribution in [1.82, 2.24) is 9.88 Å². The highest BCUT2D eigenvalue weighted by Gasteiger charge is 2.27. The van der Waals surface area contributed by atoms with E-state index in [0.29, 0.717) is 41.5 Å². The van der Waals surface area contributed by atoms with Crippen LogP contribution in [0.5, 0.6) is 11.5 Å². The second kappa shape index (κ2) is 8.52. The van der Waals surface area contributed by atoms with Gasteiger partial charge in [-0.3, -0.25) is 19.4 Å². The number of hydrogen-bond donors (Lipinski definition) is 1. The van der Waals surface area contributed by atoms with Crippen LogP contribution in [0.3, 0.4) is 0 Å². The molecule has 0 saturated carbocycles. The molecule has 2 aliphatic heterocycles. The first-order valence-corrected chi connectivity index (χ1v) is 9.96. The van der Waals surface area contributed by atoms with Gasteiger partial charge in [0.1, 0.15) is 5.69 Å². The van der Waals surface area contributed by atoms with E-state index in [4.69, 9.17) is 9.47 Å². The summed E-state index contributed by atoms with van der Waals surface area (Å²) in [5.41, 5.74) is 1.20. The van der Waals surface area contributed by atoms with Crippen molar-refractivity contribution < 1.29 is 23.9 Å². The molecule has 1 N–H and O–H groups in total. The largest absolute Gasteiger partial charge is 0.454 e. The van der Waals surface area contributed by atoms with Gasteiger partial charge in [-0.25, -0.2) is 0 Å². The lowest BCUT2D eigenvalue weighted by Gasteiger charge is -2.32. The zero-order valence-electron chi connectivity index (χ0n) is 16.7. The standard InChI is InChI=1S/C22H23N3O5/c1-14(26)16-10-19-20(30-13-29-19)11-18(16)24-21(27)9-15-5-4-8-25(12-15)22(28)17-6-2-3-7-23-17/h2-3,6-7,10-11,15H,4-5,8-9,12-13H2,1H3,(H,24,27). The molecule has 1 aromatic heterocycles. The molecule has 0 spiro atoms. The molecule has 0 bridgehead atoms. The maximum atomic E-state index is 12.7. The molecule has 30 heavy (non-hydrogen) atoms. The molecule has 1 saturated heterocycles. The fraction of sp³-hybridized carbons (Fsp3) is 0.364. The molecule has 1 unspecified atom stereocenters. The van der Waals surface area contributed by atoms with Gasteiger partial charge < -0.3 is 19.7 Å². The Balaban J connectivity index is 1.41. The summed E-state index contributed by atoms with van der Waals surface area (Å²) in [5.74, 6) is 0.549. The average molecular weight is 409 g/mol. The molecule has 0 aliphatic carbocycles. The van der Waals surface area contributed by atoms with Crippen LogP contribution in [0.15, 0.2) is 36.5 Å². The lowest BCUT2D eigenvalue weighted by molar-refractivity contribution is -0.117. The van der Waals surface area contributed by atoms with Gasteiger partial charge in [0.05, 0.1) is 5.69 Å². The third-order valence-corrected chi connectivity index (χ3v) is 5.33. The Bertz CT molecular complexity index is 976. The second-order valence-corrected chi connectivity index (χ2v) is 7.53. The maximum Gasteiger partial charge on any atom is 0.272 e. The van der Waals surface area contributed by atoms with Crippen molar-refractivity contribution in [3.05, 3.63) is 47.8 Å². The number of amides is 2. The Hall–Kier alpha value is -3.42. The maximum absolute atomic E-state index is 12.7. The van der Waals surface area contributed by atoms with Crippen LogP contribution in [0.4, 0.5) is 5.69 Å². The van der Waals surface area contributed by atoms with Gasteiger partial charge in [0, 0.05) is 37.3 Å². The summed E-state index contributed by atoms with van der Waals surface area (Å²) in [6.07, 6.45) is 3.55. The van der Waals surface area contributed by atoms with Crippen LogP contribution in [-0.4, -0.2) is 47.4 Å². The van der Waals surface area contributed by atoms with Gasteiger partial charge in [-0.2, -0.15) is 0 Å². The summed E-state index contributed by atoms with van der Waals surface area (Å²) in [6.45, 7) is 2.69. The molecule has 3 heterocycles. The normalized spacial score (nSPS) is 17.5. The Morgan fingerprint density at radius 3 is 2.73 bits per heavy atom. The predicted molar refractivity (Wildman–Crippen MR) is 109 cm³/mol. The van der Waals surface area contributed by atoms with Gasteiger partial charge in [0.15, 0.2) is 17.3 Å². The van der Waals surface area contributed by atoms with E-state index in [-0.39, 0.29) is 36.7 Å². The van der Waals surface area contributed by atoms with Crippen LogP contribution in [-0.2, 0) is 4.79 Å². The first kappa shape index (κ1) is 19.9. The molecule has 8 heteroatoms. The Kier molecular flexibility index (Phi) is 5.65. The number of rotatable bonds is 5. The number of carbonyl (C=O) groups is 3. The first-order chi connectivity index (χ1) is 14.5. The molecule has 8 nitrogen and oxygen atoms in total. The smallest absolute Gasteiger partial charge is 0.272 e. The SMILES string of the molecule is CC(=O)c1cc2c(cc1NC(=O)CC1CCCN(C(=O)c3ccccn3)C1)OCO2. The number of aromatic nitrogens is 1. The van der Waals surface area contributed by atoms with Crippen molar-refractivity contribution in [3.63, 3.8) is 0 Å². The number of Topliss-reactive ketones (excluding diaryl/α,β-unsaturated/α-hetero) is 1. The van der Waals surface area contributed by atoms with Gasteiger partial charge in [0.25, 0.3) is 5.91 Å². The number of benzene rings is 1. The zero-order valence-corrected chi connectivity index (χ0v) is 16.7. The van der Waals surface area contributed by atoms with E-state index >= 15 is 0 Å². The number of ketones is 1. The highest BCUT2D eigenvalue weighted by atomic mass is 16.7. The fourth-order valence-corrected chi connectivity index (χ4v) is 3.87. The topological polar surface area (TPSA) is 97.8 Å². The van der Waals surface area contributed by atoms with Crippen molar-refractivity contribution in [1.29, 1.82) is 0 Å². The molecule has 4 rings (SSSR count). The number of fused-ring (bicyclic) bond motifs is 1. The molecule has 1 atom stereocenters. The van der Waals surface area contributed by atoms with Crippen LogP contribution in [0.25, 0.3) is 0 Å². The molecule has 2 aliphatic rings. The number of pyridine rings is 1. The van der Waals surface area contributed by atoms with Crippen LogP contribution < -0.4 is 14.8 Å². The molecule has 156 valence electrons. The zero-order chi connectivity index (χ0) is 21.1. The summed E-state index contributed by atoms with van der Waals surface area (Å²) in [5, 5.41) is 2.83. The summed E-state index contributed by atoms with van der Waals surface area (Å²) in [7, 11) is 0. The van der Waals surface area contributed by atoms with Gasteiger partial charge in [-0.05, 0) is 43.9 Å². The molecule has 0 radical (unpaired) electrons. The monoisotopic (exact) mass is 409 g/mol. The van der Waals surface area contributed by atoms with Crippen molar-refractivity contribution in [3.8, 4) is 11.5 Å². The minimum Gasteiger partial charge on any atom is -0.454 e. The minimum atomic E-state index is -0.200. The van der Waals surface area contributed by atoms with Crippen molar-refractivity contribution in [2.75, 3.05) is 25.2 Å². The molecular weight excluding hydrogens is 386 g/mol. The Labute approximate surface area is 174 Å². The van der Waals surface area contributed by atoms with Crippen LogP contribution >= 0.6 is 0 Å². The number of hydrogen-bond acceptors (Lipinski definition) is 6. The lowest BCUT2D eigenvalue weighted by Crippen LogP contribution is -2.41. The minimum absolute atomic E-state index is 0.0428. The molecular formula is C22H23N3O5. The lowest BCUT2D eigenvalue weighted by atomic mass is 9.94. The van der Waals surface area contributed by atoms with E-state index in [1.54, 1.807) is 41.4 Å². The van der Waals surface area contributed by atoms with E-state index in [9.17, 15) is 14.4 Å². The van der Waals surface area contributed by atoms with Gasteiger partial charge in [-0.15, -0.1) is 0 Å². The van der Waals surface area contributed by atoms with Crippen molar-refractivity contribution in [2.45, 2.75) is 26.2 Å². The first-order valence-electron chi connectivity index (χ1n) is 9.96. The highest BCUT2D eigenvalue weighted by Crippen LogP contribution is 2.37. The second-order valence-electron chi connectivity index (χ2n) is 7.53. The summed E-state index contributed by atoms with van der Waals surface area (Å²) in [4.78, 5) is 43.2. The van der Waals surface area contributed by atoms with Crippen LogP contribution in [0.2, 0.25) is 0 Å². The highest BCUT2D eigenvalue weighted by molar-refractivity contribution is 6.04.